The van der Waals surface area contributed by atoms with E-state index in [1.54, 1.807) is 31.3 Å². The van der Waals surface area contributed by atoms with E-state index < -0.39 is 10.0 Å². The second kappa shape index (κ2) is 7.03. The topological polar surface area (TPSA) is 73.2 Å². The number of piperidine rings is 1. The van der Waals surface area contributed by atoms with Crippen LogP contribution in [0.15, 0.2) is 29.2 Å². The molecule has 1 aliphatic rings. The first-order valence-corrected chi connectivity index (χ1v) is 8.61. The normalized spacial score (nSPS) is 19.4. The highest BCUT2D eigenvalue weighted by Crippen LogP contribution is 2.19. The molecule has 6 heteroatoms. The van der Waals surface area contributed by atoms with Crippen LogP contribution in [-0.4, -0.2) is 39.4 Å². The molecule has 1 aromatic carbocycles. The molecule has 0 bridgehead atoms. The number of nitrogens with one attached hydrogen (secondary N) is 1. The molecule has 1 atom stereocenters. The van der Waals surface area contributed by atoms with Gasteiger partial charge in [0.2, 0.25) is 10.0 Å². The Labute approximate surface area is 126 Å². The summed E-state index contributed by atoms with van der Waals surface area (Å²) in [6.07, 6.45) is 2.46. The Morgan fingerprint density at radius 1 is 1.38 bits per heavy atom. The first-order chi connectivity index (χ1) is 10.0. The molecule has 1 saturated heterocycles. The lowest BCUT2D eigenvalue weighted by Crippen LogP contribution is -2.39. The van der Waals surface area contributed by atoms with Gasteiger partial charge in [0.25, 0.3) is 0 Å². The Kier molecular flexibility index (Phi) is 5.34. The van der Waals surface area contributed by atoms with Gasteiger partial charge in [-0.15, -0.1) is 0 Å². The zero-order valence-corrected chi connectivity index (χ0v) is 13.1. The molecule has 0 spiro atoms. The molecule has 1 aliphatic heterocycles. The van der Waals surface area contributed by atoms with Crippen molar-refractivity contribution in [3.8, 4) is 6.07 Å². The molecule has 0 saturated carbocycles. The summed E-state index contributed by atoms with van der Waals surface area (Å²) in [4.78, 5) is 0.287. The van der Waals surface area contributed by atoms with Crippen LogP contribution in [-0.2, 0) is 16.4 Å². The number of hydrogen-bond acceptors (Lipinski definition) is 4. The van der Waals surface area contributed by atoms with Gasteiger partial charge in [-0.2, -0.15) is 5.26 Å². The third kappa shape index (κ3) is 4.03. The first-order valence-electron chi connectivity index (χ1n) is 7.17. The highest BCUT2D eigenvalue weighted by atomic mass is 32.2. The summed E-state index contributed by atoms with van der Waals surface area (Å²) in [5.74, 6) is 0.372. The molecule has 0 radical (unpaired) electrons. The molecule has 1 heterocycles. The van der Waals surface area contributed by atoms with E-state index in [0.29, 0.717) is 18.9 Å². The summed E-state index contributed by atoms with van der Waals surface area (Å²) in [6.45, 7) is 2.43. The van der Waals surface area contributed by atoms with Crippen molar-refractivity contribution in [2.24, 2.45) is 5.92 Å². The Morgan fingerprint density at radius 2 is 2.10 bits per heavy atom. The lowest BCUT2D eigenvalue weighted by Gasteiger charge is -2.27. The predicted octanol–water partition coefficient (Wildman–Crippen LogP) is 1.37. The second-order valence-corrected chi connectivity index (χ2v) is 7.52. The Hall–Kier alpha value is -1.42. The fraction of sp³-hybridized carbons (Fsp3) is 0.533. The average Bonchev–Trinajstić information content (AvgIpc) is 2.49. The number of nitriles is 1. The lowest BCUT2D eigenvalue weighted by atomic mass is 10.00. The van der Waals surface area contributed by atoms with Gasteiger partial charge in [0.05, 0.1) is 17.4 Å². The highest BCUT2D eigenvalue weighted by molar-refractivity contribution is 7.89. The summed E-state index contributed by atoms with van der Waals surface area (Å²) in [7, 11) is -1.82. The van der Waals surface area contributed by atoms with Gasteiger partial charge >= 0.3 is 0 Å². The van der Waals surface area contributed by atoms with Crippen molar-refractivity contribution in [1.29, 1.82) is 5.26 Å². The summed E-state index contributed by atoms with van der Waals surface area (Å²) in [5, 5.41) is 11.9. The molecule has 21 heavy (non-hydrogen) atoms. The molecule has 1 N–H and O–H groups in total. The zero-order chi connectivity index (χ0) is 15.3. The van der Waals surface area contributed by atoms with Crippen LogP contribution in [0.1, 0.15) is 18.4 Å². The highest BCUT2D eigenvalue weighted by Gasteiger charge is 2.24. The van der Waals surface area contributed by atoms with Crippen molar-refractivity contribution in [3.63, 3.8) is 0 Å². The number of hydrogen-bond donors (Lipinski definition) is 1. The summed E-state index contributed by atoms with van der Waals surface area (Å²) in [5.41, 5.74) is 0.829. The number of sulfonamides is 1. The average molecular weight is 307 g/mol. The van der Waals surface area contributed by atoms with E-state index in [2.05, 4.69) is 11.4 Å². The summed E-state index contributed by atoms with van der Waals surface area (Å²) in [6, 6.07) is 8.62. The van der Waals surface area contributed by atoms with Crippen molar-refractivity contribution in [2.45, 2.75) is 24.2 Å². The molecule has 5 nitrogen and oxygen atoms in total. The third-order valence-electron chi connectivity index (χ3n) is 3.83. The van der Waals surface area contributed by atoms with Crippen LogP contribution < -0.4 is 5.32 Å². The number of nitrogens with zero attached hydrogens (tertiary/aromatic N) is 2. The van der Waals surface area contributed by atoms with Crippen LogP contribution in [0.3, 0.4) is 0 Å². The number of rotatable bonds is 5. The van der Waals surface area contributed by atoms with Crippen molar-refractivity contribution in [2.75, 3.05) is 26.7 Å². The molecule has 0 amide bonds. The molecule has 2 rings (SSSR count). The van der Waals surface area contributed by atoms with Gasteiger partial charge in [-0.05, 0) is 49.5 Å². The van der Waals surface area contributed by atoms with Crippen molar-refractivity contribution < 1.29 is 8.42 Å². The standard InChI is InChI=1S/C15H21N3O2S/c1-18(12-14-3-2-10-17-11-14)21(19,20)15-6-4-13(5-7-15)8-9-16/h4-7,14,17H,2-3,8,10-12H2,1H3. The van der Waals surface area contributed by atoms with Gasteiger partial charge in [-0.25, -0.2) is 12.7 Å². The third-order valence-corrected chi connectivity index (χ3v) is 5.67. The molecule has 1 fully saturated rings. The molecular formula is C15H21N3O2S. The van der Waals surface area contributed by atoms with Crippen molar-refractivity contribution >= 4 is 10.0 Å². The number of benzene rings is 1. The monoisotopic (exact) mass is 307 g/mol. The maximum absolute atomic E-state index is 12.5. The Morgan fingerprint density at radius 3 is 2.67 bits per heavy atom. The smallest absolute Gasteiger partial charge is 0.242 e. The van der Waals surface area contributed by atoms with Crippen LogP contribution in [0, 0.1) is 17.2 Å². The van der Waals surface area contributed by atoms with Crippen LogP contribution in [0.4, 0.5) is 0 Å². The SMILES string of the molecule is CN(CC1CCCNC1)S(=O)(=O)c1ccc(CC#N)cc1. The van der Waals surface area contributed by atoms with Crippen LogP contribution in [0.2, 0.25) is 0 Å². The van der Waals surface area contributed by atoms with Gasteiger partial charge < -0.3 is 5.32 Å². The molecule has 1 aromatic rings. The fourth-order valence-corrected chi connectivity index (χ4v) is 3.84. The van der Waals surface area contributed by atoms with Crippen LogP contribution in [0.5, 0.6) is 0 Å². The largest absolute Gasteiger partial charge is 0.316 e. The van der Waals surface area contributed by atoms with Crippen molar-refractivity contribution in [1.82, 2.24) is 9.62 Å². The van der Waals surface area contributed by atoms with Gasteiger partial charge in [-0.1, -0.05) is 12.1 Å². The van der Waals surface area contributed by atoms with E-state index in [4.69, 9.17) is 5.26 Å². The molecule has 1 unspecified atom stereocenters. The first kappa shape index (κ1) is 16.0. The van der Waals surface area contributed by atoms with Gasteiger partial charge in [0.15, 0.2) is 0 Å². The van der Waals surface area contributed by atoms with E-state index in [9.17, 15) is 8.42 Å². The van der Waals surface area contributed by atoms with Crippen LogP contribution >= 0.6 is 0 Å². The van der Waals surface area contributed by atoms with Gasteiger partial charge in [0, 0.05) is 13.6 Å². The summed E-state index contributed by atoms with van der Waals surface area (Å²) >= 11 is 0. The molecule has 0 aromatic heterocycles. The van der Waals surface area contributed by atoms with Crippen molar-refractivity contribution in [3.05, 3.63) is 29.8 Å². The minimum Gasteiger partial charge on any atom is -0.316 e. The Bertz CT molecular complexity index is 599. The maximum atomic E-state index is 12.5. The van der Waals surface area contributed by atoms with E-state index in [1.807, 2.05) is 0 Å². The second-order valence-electron chi connectivity index (χ2n) is 5.48. The molecule has 0 aliphatic carbocycles. The van der Waals surface area contributed by atoms with E-state index in [-0.39, 0.29) is 4.90 Å². The predicted molar refractivity (Wildman–Crippen MR) is 81.2 cm³/mol. The lowest BCUT2D eigenvalue weighted by molar-refractivity contribution is 0.315. The quantitative estimate of drug-likeness (QED) is 0.892. The molecule has 114 valence electrons. The van der Waals surface area contributed by atoms with E-state index >= 15 is 0 Å². The van der Waals surface area contributed by atoms with Gasteiger partial charge in [0.1, 0.15) is 0 Å². The van der Waals surface area contributed by atoms with Crippen LogP contribution in [0.25, 0.3) is 0 Å². The fourth-order valence-electron chi connectivity index (χ4n) is 2.59. The minimum atomic E-state index is -3.45. The zero-order valence-electron chi connectivity index (χ0n) is 12.2. The van der Waals surface area contributed by atoms with E-state index in [1.165, 1.54) is 4.31 Å². The van der Waals surface area contributed by atoms with E-state index in [0.717, 1.165) is 31.5 Å². The molecular weight excluding hydrogens is 286 g/mol. The minimum absolute atomic E-state index is 0.287. The van der Waals surface area contributed by atoms with Gasteiger partial charge in [-0.3, -0.25) is 0 Å². The Balaban J connectivity index is 2.07. The maximum Gasteiger partial charge on any atom is 0.242 e. The summed E-state index contributed by atoms with van der Waals surface area (Å²) < 4.78 is 26.5.